The van der Waals surface area contributed by atoms with Crippen LogP contribution in [-0.4, -0.2) is 27.7 Å². The zero-order chi connectivity index (χ0) is 15.8. The summed E-state index contributed by atoms with van der Waals surface area (Å²) in [6.07, 6.45) is 0. The van der Waals surface area contributed by atoms with Crippen LogP contribution in [0.5, 0.6) is 0 Å². The average molecular weight is 284 g/mol. The molecule has 2 heteroatoms. The van der Waals surface area contributed by atoms with Crippen LogP contribution >= 0.6 is 0 Å². The van der Waals surface area contributed by atoms with Gasteiger partial charge in [0.1, 0.15) is 0 Å². The van der Waals surface area contributed by atoms with Crippen molar-refractivity contribution < 1.29 is 0 Å². The highest BCUT2D eigenvalue weighted by atomic mass is 15.1. The molecule has 2 nitrogen and oxygen atoms in total. The summed E-state index contributed by atoms with van der Waals surface area (Å²) in [5.74, 6) is 0. The molecule has 0 radical (unpaired) electrons. The smallest absolute Gasteiger partial charge is 0.0393 e. The standard InChI is InChI=1S/C10H15N.C9H13N/c1-8-5-6-9(2)10(7-8)11(3)4;1-3-10(2)9-7-5-4-6-8-9/h5-7H,1-4H3;4-8H,3H2,1-2H3. The van der Waals surface area contributed by atoms with Crippen LogP contribution in [0.3, 0.4) is 0 Å². The highest BCUT2D eigenvalue weighted by molar-refractivity contribution is 5.53. The third-order valence-electron chi connectivity index (χ3n) is 3.52. The lowest BCUT2D eigenvalue weighted by Crippen LogP contribution is -2.15. The fourth-order valence-electron chi connectivity index (χ4n) is 2.07. The first-order valence-corrected chi connectivity index (χ1v) is 7.46. The third kappa shape index (κ3) is 5.50. The van der Waals surface area contributed by atoms with Gasteiger partial charge in [0.05, 0.1) is 0 Å². The average Bonchev–Trinajstić information content (AvgIpc) is 2.50. The van der Waals surface area contributed by atoms with E-state index in [-0.39, 0.29) is 0 Å². The topological polar surface area (TPSA) is 6.48 Å². The third-order valence-corrected chi connectivity index (χ3v) is 3.52. The monoisotopic (exact) mass is 284 g/mol. The summed E-state index contributed by atoms with van der Waals surface area (Å²) in [5.41, 5.74) is 5.25. The molecular weight excluding hydrogens is 256 g/mol. The Morgan fingerprint density at radius 2 is 1.48 bits per heavy atom. The normalized spacial score (nSPS) is 9.62. The summed E-state index contributed by atoms with van der Waals surface area (Å²) in [4.78, 5) is 4.35. The van der Waals surface area contributed by atoms with Gasteiger partial charge in [-0.15, -0.1) is 0 Å². The molecule has 2 aromatic rings. The van der Waals surface area contributed by atoms with Gasteiger partial charge in [0.25, 0.3) is 0 Å². The van der Waals surface area contributed by atoms with E-state index in [1.165, 1.54) is 22.5 Å². The van der Waals surface area contributed by atoms with Crippen molar-refractivity contribution in [2.45, 2.75) is 20.8 Å². The molecule has 0 saturated carbocycles. The lowest BCUT2D eigenvalue weighted by molar-refractivity contribution is 0.968. The maximum absolute atomic E-state index is 2.21. The van der Waals surface area contributed by atoms with E-state index < -0.39 is 0 Å². The SMILES string of the molecule is CCN(C)c1ccccc1.Cc1ccc(C)c(N(C)C)c1. The molecule has 0 amide bonds. The second kappa shape index (κ2) is 8.35. The predicted molar refractivity (Wildman–Crippen MR) is 95.6 cm³/mol. The van der Waals surface area contributed by atoms with Gasteiger partial charge in [0.15, 0.2) is 0 Å². The fourth-order valence-corrected chi connectivity index (χ4v) is 2.07. The number of hydrogen-bond donors (Lipinski definition) is 0. The number of anilines is 2. The molecule has 0 aliphatic carbocycles. The molecule has 0 heterocycles. The van der Waals surface area contributed by atoms with E-state index in [0.717, 1.165) is 6.54 Å². The number of aryl methyl sites for hydroxylation is 2. The van der Waals surface area contributed by atoms with E-state index in [4.69, 9.17) is 0 Å². The lowest BCUT2D eigenvalue weighted by atomic mass is 10.1. The molecule has 0 fully saturated rings. The summed E-state index contributed by atoms with van der Waals surface area (Å²) in [6.45, 7) is 7.46. The number of nitrogens with zero attached hydrogens (tertiary/aromatic N) is 2. The predicted octanol–water partition coefficient (Wildman–Crippen LogP) is 4.51. The van der Waals surface area contributed by atoms with Crippen molar-refractivity contribution in [1.82, 2.24) is 0 Å². The Labute approximate surface area is 130 Å². The molecule has 0 aliphatic heterocycles. The summed E-state index contributed by atoms with van der Waals surface area (Å²) in [7, 11) is 6.24. The summed E-state index contributed by atoms with van der Waals surface area (Å²) < 4.78 is 0. The molecule has 114 valence electrons. The number of benzene rings is 2. The highest BCUT2D eigenvalue weighted by Gasteiger charge is 1.98. The van der Waals surface area contributed by atoms with E-state index >= 15 is 0 Å². The van der Waals surface area contributed by atoms with E-state index in [1.54, 1.807) is 0 Å². The molecule has 0 N–H and O–H groups in total. The number of rotatable bonds is 3. The Morgan fingerprint density at radius 1 is 0.857 bits per heavy atom. The zero-order valence-electron chi connectivity index (χ0n) is 14.2. The number of hydrogen-bond acceptors (Lipinski definition) is 2. The molecule has 0 aromatic heterocycles. The van der Waals surface area contributed by atoms with E-state index in [2.05, 4.69) is 94.2 Å². The van der Waals surface area contributed by atoms with Crippen LogP contribution < -0.4 is 9.80 Å². The Kier molecular flexibility index (Phi) is 6.80. The number of para-hydroxylation sites is 1. The van der Waals surface area contributed by atoms with Gasteiger partial charge in [0, 0.05) is 39.1 Å². The van der Waals surface area contributed by atoms with Gasteiger partial charge in [-0.25, -0.2) is 0 Å². The van der Waals surface area contributed by atoms with Gasteiger partial charge in [-0.3, -0.25) is 0 Å². The Balaban J connectivity index is 0.000000211. The second-order valence-corrected chi connectivity index (χ2v) is 5.53. The van der Waals surface area contributed by atoms with E-state index in [9.17, 15) is 0 Å². The van der Waals surface area contributed by atoms with Crippen LogP contribution in [0.15, 0.2) is 48.5 Å². The molecule has 0 aliphatic rings. The van der Waals surface area contributed by atoms with Crippen molar-refractivity contribution in [2.75, 3.05) is 37.5 Å². The van der Waals surface area contributed by atoms with Crippen molar-refractivity contribution >= 4 is 11.4 Å². The minimum absolute atomic E-state index is 1.06. The zero-order valence-corrected chi connectivity index (χ0v) is 14.2. The second-order valence-electron chi connectivity index (χ2n) is 5.53. The highest BCUT2D eigenvalue weighted by Crippen LogP contribution is 2.18. The van der Waals surface area contributed by atoms with Gasteiger partial charge in [0.2, 0.25) is 0 Å². The maximum atomic E-state index is 2.21. The molecule has 0 bridgehead atoms. The lowest BCUT2D eigenvalue weighted by Gasteiger charge is -2.15. The van der Waals surface area contributed by atoms with Crippen molar-refractivity contribution in [3.63, 3.8) is 0 Å². The Morgan fingerprint density at radius 3 is 1.95 bits per heavy atom. The minimum Gasteiger partial charge on any atom is -0.377 e. The molecule has 0 saturated heterocycles. The molecular formula is C19H28N2. The van der Waals surface area contributed by atoms with Gasteiger partial charge in [-0.2, -0.15) is 0 Å². The van der Waals surface area contributed by atoms with Crippen molar-refractivity contribution in [3.8, 4) is 0 Å². The van der Waals surface area contributed by atoms with Gasteiger partial charge >= 0.3 is 0 Å². The van der Waals surface area contributed by atoms with Crippen molar-refractivity contribution in [1.29, 1.82) is 0 Å². The summed E-state index contributed by atoms with van der Waals surface area (Å²) in [5, 5.41) is 0. The maximum Gasteiger partial charge on any atom is 0.0393 e. The molecule has 2 rings (SSSR count). The largest absolute Gasteiger partial charge is 0.377 e. The van der Waals surface area contributed by atoms with Crippen LogP contribution in [0.1, 0.15) is 18.1 Å². The van der Waals surface area contributed by atoms with Gasteiger partial charge in [-0.1, -0.05) is 30.3 Å². The Bertz CT molecular complexity index is 533. The fraction of sp³-hybridized carbons (Fsp3) is 0.368. The van der Waals surface area contributed by atoms with Crippen molar-refractivity contribution in [3.05, 3.63) is 59.7 Å². The van der Waals surface area contributed by atoms with Crippen LogP contribution in [0.2, 0.25) is 0 Å². The van der Waals surface area contributed by atoms with Gasteiger partial charge in [-0.05, 0) is 50.1 Å². The first kappa shape index (κ1) is 17.1. The first-order chi connectivity index (χ1) is 9.95. The molecule has 2 aromatic carbocycles. The molecule has 0 spiro atoms. The van der Waals surface area contributed by atoms with Crippen LogP contribution in [0.25, 0.3) is 0 Å². The van der Waals surface area contributed by atoms with E-state index in [1.807, 2.05) is 6.07 Å². The van der Waals surface area contributed by atoms with Crippen LogP contribution in [0.4, 0.5) is 11.4 Å². The summed E-state index contributed by atoms with van der Waals surface area (Å²) in [6, 6.07) is 16.9. The Hall–Kier alpha value is -1.96. The first-order valence-electron chi connectivity index (χ1n) is 7.46. The molecule has 0 unspecified atom stereocenters. The molecule has 21 heavy (non-hydrogen) atoms. The van der Waals surface area contributed by atoms with Gasteiger partial charge < -0.3 is 9.80 Å². The van der Waals surface area contributed by atoms with Crippen molar-refractivity contribution in [2.24, 2.45) is 0 Å². The molecule has 0 atom stereocenters. The quantitative estimate of drug-likeness (QED) is 0.818. The van der Waals surface area contributed by atoms with Crippen LogP contribution in [0, 0.1) is 13.8 Å². The van der Waals surface area contributed by atoms with Crippen LogP contribution in [-0.2, 0) is 0 Å². The van der Waals surface area contributed by atoms with E-state index in [0.29, 0.717) is 0 Å². The minimum atomic E-state index is 1.06. The summed E-state index contributed by atoms with van der Waals surface area (Å²) >= 11 is 0.